The van der Waals surface area contributed by atoms with E-state index in [1.807, 2.05) is 0 Å². The van der Waals surface area contributed by atoms with E-state index in [1.165, 1.54) is 13.1 Å². The van der Waals surface area contributed by atoms with Crippen molar-refractivity contribution in [2.75, 3.05) is 6.61 Å². The molecule has 0 amide bonds. The zero-order valence-corrected chi connectivity index (χ0v) is 11.9. The molecule has 10 nitrogen and oxygen atoms in total. The van der Waals surface area contributed by atoms with E-state index in [9.17, 15) is 19.3 Å². The molecule has 0 bridgehead atoms. The summed E-state index contributed by atoms with van der Waals surface area (Å²) in [6, 6.07) is 0. The second kappa shape index (κ2) is 5.84. The largest absolute Gasteiger partial charge is 0.469 e. The number of phosphoric acid groups is 1. The van der Waals surface area contributed by atoms with Crippen LogP contribution < -0.4 is 11.2 Å². The molecule has 2 rings (SSSR count). The van der Waals surface area contributed by atoms with Gasteiger partial charge in [0.1, 0.15) is 12.3 Å². The van der Waals surface area contributed by atoms with Crippen LogP contribution in [-0.2, 0) is 13.8 Å². The summed E-state index contributed by atoms with van der Waals surface area (Å²) in [6.07, 6.45) is -1.57. The predicted octanol–water partition coefficient (Wildman–Crippen LogP) is -1.40. The third-order valence-corrected chi connectivity index (χ3v) is 3.55. The molecule has 0 radical (unpaired) electrons. The number of aliphatic hydroxyl groups is 1. The predicted molar refractivity (Wildman–Crippen MR) is 68.6 cm³/mol. The fourth-order valence-electron chi connectivity index (χ4n) is 2.01. The van der Waals surface area contributed by atoms with Crippen LogP contribution in [0.2, 0.25) is 0 Å². The molecule has 21 heavy (non-hydrogen) atoms. The highest BCUT2D eigenvalue weighted by molar-refractivity contribution is 7.46. The Kier molecular flexibility index (Phi) is 4.47. The molecule has 11 heteroatoms. The molecule has 1 aliphatic heterocycles. The minimum absolute atomic E-state index is 0.0283. The van der Waals surface area contributed by atoms with Gasteiger partial charge in [-0.25, -0.2) is 9.36 Å². The number of phosphoric ester groups is 1. The Morgan fingerprint density at radius 3 is 2.81 bits per heavy atom. The van der Waals surface area contributed by atoms with Crippen LogP contribution in [0.1, 0.15) is 18.2 Å². The Balaban J connectivity index is 2.14. The summed E-state index contributed by atoms with van der Waals surface area (Å²) in [7, 11) is -4.67. The highest BCUT2D eigenvalue weighted by atomic mass is 31.2. The number of nitrogens with zero attached hydrogens (tertiary/aromatic N) is 1. The normalized spacial score (nSPS) is 26.2. The average molecular weight is 322 g/mol. The molecule has 0 aliphatic carbocycles. The van der Waals surface area contributed by atoms with E-state index in [0.717, 1.165) is 4.57 Å². The van der Waals surface area contributed by atoms with Crippen molar-refractivity contribution in [1.29, 1.82) is 0 Å². The molecular formula is C10H15N2O8P. The number of nitrogens with one attached hydrogen (secondary N) is 1. The number of ether oxygens (including phenoxy) is 1. The van der Waals surface area contributed by atoms with Crippen molar-refractivity contribution in [2.45, 2.75) is 31.8 Å². The third-order valence-electron chi connectivity index (χ3n) is 3.07. The number of rotatable bonds is 4. The van der Waals surface area contributed by atoms with Crippen molar-refractivity contribution in [1.82, 2.24) is 9.55 Å². The summed E-state index contributed by atoms with van der Waals surface area (Å²) in [6.45, 7) is 0.994. The molecule has 1 aromatic rings. The van der Waals surface area contributed by atoms with E-state index < -0.39 is 44.1 Å². The van der Waals surface area contributed by atoms with Gasteiger partial charge in [0.05, 0.1) is 12.7 Å². The number of hydrogen-bond donors (Lipinski definition) is 4. The Hall–Kier alpha value is -1.29. The molecule has 4 N–H and O–H groups in total. The van der Waals surface area contributed by atoms with Crippen molar-refractivity contribution in [3.8, 4) is 0 Å². The molecule has 1 aromatic heterocycles. The van der Waals surface area contributed by atoms with Crippen LogP contribution >= 0.6 is 7.82 Å². The highest BCUT2D eigenvalue weighted by Gasteiger charge is 2.37. The maximum atomic E-state index is 11.7. The number of H-pyrrole nitrogens is 1. The fraction of sp³-hybridized carbons (Fsp3) is 0.600. The first kappa shape index (κ1) is 16.1. The zero-order valence-electron chi connectivity index (χ0n) is 11.0. The first-order valence-electron chi connectivity index (χ1n) is 6.03. The van der Waals surface area contributed by atoms with Crippen molar-refractivity contribution in [3.05, 3.63) is 32.6 Å². The second-order valence-corrected chi connectivity index (χ2v) is 5.94. The molecule has 0 saturated carbocycles. The lowest BCUT2D eigenvalue weighted by Crippen LogP contribution is -2.33. The zero-order chi connectivity index (χ0) is 15.8. The summed E-state index contributed by atoms with van der Waals surface area (Å²) >= 11 is 0. The van der Waals surface area contributed by atoms with Crippen molar-refractivity contribution < 1.29 is 28.7 Å². The van der Waals surface area contributed by atoms with Gasteiger partial charge in [0, 0.05) is 18.2 Å². The lowest BCUT2D eigenvalue weighted by Gasteiger charge is -2.16. The van der Waals surface area contributed by atoms with E-state index in [1.54, 1.807) is 0 Å². The maximum absolute atomic E-state index is 11.7. The first-order chi connectivity index (χ1) is 9.67. The summed E-state index contributed by atoms with van der Waals surface area (Å²) in [5, 5.41) is 9.79. The van der Waals surface area contributed by atoms with Gasteiger partial charge < -0.3 is 19.6 Å². The maximum Gasteiger partial charge on any atom is 0.469 e. The van der Waals surface area contributed by atoms with E-state index in [-0.39, 0.29) is 6.42 Å². The molecule has 3 atom stereocenters. The van der Waals surface area contributed by atoms with Gasteiger partial charge in [-0.3, -0.25) is 18.9 Å². The average Bonchev–Trinajstić information content (AvgIpc) is 2.72. The van der Waals surface area contributed by atoms with Gasteiger partial charge in [0.15, 0.2) is 0 Å². The van der Waals surface area contributed by atoms with Crippen LogP contribution in [-0.4, -0.2) is 43.3 Å². The van der Waals surface area contributed by atoms with Gasteiger partial charge in [-0.2, -0.15) is 0 Å². The summed E-state index contributed by atoms with van der Waals surface area (Å²) in [5.41, 5.74) is -0.918. The number of aromatic amines is 1. The number of aliphatic hydroxyl groups excluding tert-OH is 1. The molecule has 0 aromatic carbocycles. The van der Waals surface area contributed by atoms with Gasteiger partial charge in [0.2, 0.25) is 0 Å². The molecular weight excluding hydrogens is 307 g/mol. The molecule has 1 fully saturated rings. The van der Waals surface area contributed by atoms with Gasteiger partial charge in [-0.15, -0.1) is 0 Å². The van der Waals surface area contributed by atoms with Gasteiger partial charge in [-0.1, -0.05) is 0 Å². The Bertz CT molecular complexity index is 676. The number of aromatic nitrogens is 2. The monoisotopic (exact) mass is 322 g/mol. The summed E-state index contributed by atoms with van der Waals surface area (Å²) in [4.78, 5) is 42.3. The SMILES string of the molecule is Cc1cn([C@H]2C[C@H](O)[C@H](COP(=O)(O)O)O2)c(=O)[nH]c1=O. The molecule has 0 spiro atoms. The highest BCUT2D eigenvalue weighted by Crippen LogP contribution is 2.38. The fourth-order valence-corrected chi connectivity index (χ4v) is 2.35. The number of hydrogen-bond acceptors (Lipinski definition) is 6. The van der Waals surface area contributed by atoms with Gasteiger partial charge >= 0.3 is 13.5 Å². The van der Waals surface area contributed by atoms with Crippen LogP contribution in [0.25, 0.3) is 0 Å². The number of aryl methyl sites for hydroxylation is 1. The molecule has 118 valence electrons. The van der Waals surface area contributed by atoms with Crippen molar-refractivity contribution in [2.24, 2.45) is 0 Å². The standard InChI is InChI=1S/C10H15N2O8P/c1-5-3-12(10(15)11-9(5)14)8-2-6(13)7(20-8)4-19-21(16,17)18/h3,6-8,13H,2,4H2,1H3,(H,11,14,15)(H2,16,17,18)/t6-,7-,8+/m0/s1. The van der Waals surface area contributed by atoms with Crippen LogP contribution in [0.3, 0.4) is 0 Å². The summed E-state index contributed by atoms with van der Waals surface area (Å²) in [5.74, 6) is 0. The van der Waals surface area contributed by atoms with Crippen molar-refractivity contribution >= 4 is 7.82 Å². The minimum atomic E-state index is -4.67. The molecule has 1 aliphatic rings. The van der Waals surface area contributed by atoms with Gasteiger partial charge in [-0.05, 0) is 6.92 Å². The third kappa shape index (κ3) is 3.88. The van der Waals surface area contributed by atoms with Crippen LogP contribution in [0.5, 0.6) is 0 Å². The minimum Gasteiger partial charge on any atom is -0.390 e. The molecule has 0 unspecified atom stereocenters. The second-order valence-electron chi connectivity index (χ2n) is 4.70. The smallest absolute Gasteiger partial charge is 0.390 e. The Morgan fingerprint density at radius 2 is 2.19 bits per heavy atom. The molecule has 1 saturated heterocycles. The first-order valence-corrected chi connectivity index (χ1v) is 7.56. The Morgan fingerprint density at radius 1 is 1.52 bits per heavy atom. The summed E-state index contributed by atoms with van der Waals surface area (Å²) < 4.78 is 21.4. The van der Waals surface area contributed by atoms with E-state index in [0.29, 0.717) is 5.56 Å². The topological polar surface area (TPSA) is 151 Å². The molecule has 2 heterocycles. The van der Waals surface area contributed by atoms with Crippen LogP contribution in [0.4, 0.5) is 0 Å². The lowest BCUT2D eigenvalue weighted by molar-refractivity contribution is -0.0451. The van der Waals surface area contributed by atoms with Crippen molar-refractivity contribution in [3.63, 3.8) is 0 Å². The van der Waals surface area contributed by atoms with E-state index in [4.69, 9.17) is 14.5 Å². The van der Waals surface area contributed by atoms with Crippen LogP contribution in [0, 0.1) is 6.92 Å². The lowest BCUT2D eigenvalue weighted by atomic mass is 10.2. The quantitative estimate of drug-likeness (QED) is 0.494. The van der Waals surface area contributed by atoms with Crippen LogP contribution in [0.15, 0.2) is 15.8 Å². The van der Waals surface area contributed by atoms with E-state index in [2.05, 4.69) is 9.51 Å². The van der Waals surface area contributed by atoms with Gasteiger partial charge in [0.25, 0.3) is 5.56 Å². The van der Waals surface area contributed by atoms with E-state index >= 15 is 0 Å². The Labute approximate surface area is 118 Å².